The van der Waals surface area contributed by atoms with Gasteiger partial charge in [0.1, 0.15) is 0 Å². The minimum Gasteiger partial charge on any atom is -0.311 e. The van der Waals surface area contributed by atoms with Gasteiger partial charge in [0.15, 0.2) is 0 Å². The third-order valence-electron chi connectivity index (χ3n) is 8.54. The third-order valence-corrected chi connectivity index (χ3v) is 8.54. The summed E-state index contributed by atoms with van der Waals surface area (Å²) in [5.74, 6) is 2.08. The zero-order chi connectivity index (χ0) is 27.0. The summed E-state index contributed by atoms with van der Waals surface area (Å²) in [5, 5.41) is 6.59. The van der Waals surface area contributed by atoms with Gasteiger partial charge < -0.3 is 5.32 Å². The van der Waals surface area contributed by atoms with Gasteiger partial charge in [-0.25, -0.2) is 0 Å². The van der Waals surface area contributed by atoms with Crippen LogP contribution in [0, 0.1) is 18.8 Å². The molecule has 0 amide bonds. The van der Waals surface area contributed by atoms with E-state index in [9.17, 15) is 0 Å². The molecule has 0 aromatic heterocycles. The third kappa shape index (κ3) is 7.81. The predicted octanol–water partition coefficient (Wildman–Crippen LogP) is 9.73. The Hall–Kier alpha value is -2.90. The van der Waals surface area contributed by atoms with Crippen molar-refractivity contribution in [2.45, 2.75) is 77.2 Å². The monoisotopic (exact) mass is 505 g/mol. The summed E-state index contributed by atoms with van der Waals surface area (Å²) >= 11 is 0. The second-order valence-electron chi connectivity index (χ2n) is 12.2. The van der Waals surface area contributed by atoms with Crippen LogP contribution in [0.5, 0.6) is 0 Å². The van der Waals surface area contributed by atoms with Gasteiger partial charge in [-0.05, 0) is 111 Å². The zero-order valence-electron chi connectivity index (χ0n) is 23.9. The summed E-state index contributed by atoms with van der Waals surface area (Å²) in [6, 6.07) is 24.6. The Labute approximate surface area is 231 Å². The van der Waals surface area contributed by atoms with E-state index < -0.39 is 0 Å². The molecule has 0 bridgehead atoms. The topological polar surface area (TPSA) is 12.0 Å². The minimum absolute atomic E-state index is 0.0163. The van der Waals surface area contributed by atoms with Crippen molar-refractivity contribution in [1.29, 1.82) is 0 Å². The lowest BCUT2D eigenvalue weighted by Crippen LogP contribution is -2.44. The molecule has 200 valence electrons. The van der Waals surface area contributed by atoms with Gasteiger partial charge in [0.2, 0.25) is 0 Å². The number of nitrogens with one attached hydrogen (secondary N) is 1. The molecule has 3 aromatic rings. The summed E-state index contributed by atoms with van der Waals surface area (Å²) in [6.07, 6.45) is 14.7. The van der Waals surface area contributed by atoms with Gasteiger partial charge in [-0.2, -0.15) is 0 Å². The first-order chi connectivity index (χ1) is 18.3. The Bertz CT molecular complexity index is 1240. The fourth-order valence-electron chi connectivity index (χ4n) is 6.17. The van der Waals surface area contributed by atoms with Crippen LogP contribution in [0.4, 0.5) is 0 Å². The van der Waals surface area contributed by atoms with Crippen LogP contribution in [0.25, 0.3) is 10.8 Å². The number of hydrogen-bond acceptors (Lipinski definition) is 1. The predicted molar refractivity (Wildman–Crippen MR) is 167 cm³/mol. The second kappa shape index (κ2) is 13.3. The van der Waals surface area contributed by atoms with Crippen molar-refractivity contribution in [3.05, 3.63) is 120 Å². The van der Waals surface area contributed by atoms with Gasteiger partial charge in [-0.3, -0.25) is 0 Å². The molecule has 0 heterocycles. The quantitative estimate of drug-likeness (QED) is 0.215. The lowest BCUT2D eigenvalue weighted by molar-refractivity contribution is 0.235. The van der Waals surface area contributed by atoms with Crippen LogP contribution in [-0.2, 0) is 6.42 Å². The van der Waals surface area contributed by atoms with Crippen LogP contribution in [0.3, 0.4) is 0 Å². The van der Waals surface area contributed by atoms with Crippen LogP contribution in [-0.4, -0.2) is 12.1 Å². The first-order valence-electron chi connectivity index (χ1n) is 14.6. The first-order valence-corrected chi connectivity index (χ1v) is 14.6. The van der Waals surface area contributed by atoms with Gasteiger partial charge in [-0.1, -0.05) is 110 Å². The highest BCUT2D eigenvalue weighted by Gasteiger charge is 2.30. The van der Waals surface area contributed by atoms with Gasteiger partial charge in [0.25, 0.3) is 0 Å². The molecule has 1 fully saturated rings. The molecule has 1 N–H and O–H groups in total. The molecular weight excluding hydrogens is 458 g/mol. The Kier molecular flexibility index (Phi) is 9.80. The van der Waals surface area contributed by atoms with Gasteiger partial charge in [-0.15, -0.1) is 0 Å². The average Bonchev–Trinajstić information content (AvgIpc) is 2.87. The van der Waals surface area contributed by atoms with E-state index in [-0.39, 0.29) is 5.54 Å². The number of allylic oxidation sites excluding steroid dienone is 4. The molecule has 38 heavy (non-hydrogen) atoms. The number of hydrogen-bond donors (Lipinski definition) is 1. The molecule has 0 spiro atoms. The van der Waals surface area contributed by atoms with E-state index in [1.807, 2.05) is 12.2 Å². The van der Waals surface area contributed by atoms with Crippen molar-refractivity contribution in [1.82, 2.24) is 5.32 Å². The SMILES string of the molecule is C=C/C=C\C(=C)CC(CCC(c1ccccc1C)C1CCC1)CNC(C)(C)Cc1ccc2ccccc2c1. The van der Waals surface area contributed by atoms with E-state index >= 15 is 0 Å². The Balaban J connectivity index is 1.43. The first kappa shape index (κ1) is 28.1. The van der Waals surface area contributed by atoms with Crippen molar-refractivity contribution in [3.8, 4) is 0 Å². The molecule has 1 aliphatic carbocycles. The van der Waals surface area contributed by atoms with Crippen LogP contribution >= 0.6 is 0 Å². The molecule has 1 nitrogen and oxygen atoms in total. The maximum atomic E-state index is 4.37. The molecule has 0 saturated heterocycles. The molecule has 0 radical (unpaired) electrons. The number of benzene rings is 3. The molecule has 0 aliphatic heterocycles. The van der Waals surface area contributed by atoms with Gasteiger partial charge >= 0.3 is 0 Å². The zero-order valence-corrected chi connectivity index (χ0v) is 23.9. The van der Waals surface area contributed by atoms with E-state index in [0.29, 0.717) is 11.8 Å². The lowest BCUT2D eigenvalue weighted by atomic mass is 9.69. The largest absolute Gasteiger partial charge is 0.311 e. The second-order valence-corrected chi connectivity index (χ2v) is 12.2. The smallest absolute Gasteiger partial charge is 0.0165 e. The Morgan fingerprint density at radius 1 is 1.00 bits per heavy atom. The average molecular weight is 506 g/mol. The number of aryl methyl sites for hydroxylation is 1. The maximum absolute atomic E-state index is 4.37. The van der Waals surface area contributed by atoms with E-state index in [1.165, 1.54) is 59.6 Å². The highest BCUT2D eigenvalue weighted by molar-refractivity contribution is 5.83. The maximum Gasteiger partial charge on any atom is 0.0165 e. The summed E-state index contributed by atoms with van der Waals surface area (Å²) < 4.78 is 0. The van der Waals surface area contributed by atoms with Crippen LogP contribution in [0.1, 0.15) is 75.0 Å². The molecule has 2 atom stereocenters. The molecule has 1 heteroatoms. The van der Waals surface area contributed by atoms with Crippen LogP contribution in [0.2, 0.25) is 0 Å². The molecule has 2 unspecified atom stereocenters. The van der Waals surface area contributed by atoms with Crippen LogP contribution < -0.4 is 5.32 Å². The lowest BCUT2D eigenvalue weighted by Gasteiger charge is -2.36. The van der Waals surface area contributed by atoms with E-state index in [4.69, 9.17) is 0 Å². The van der Waals surface area contributed by atoms with Crippen molar-refractivity contribution in [2.24, 2.45) is 11.8 Å². The number of fused-ring (bicyclic) bond motifs is 1. The molecule has 4 rings (SSSR count). The van der Waals surface area contributed by atoms with Gasteiger partial charge in [0.05, 0.1) is 0 Å². The minimum atomic E-state index is 0.0163. The van der Waals surface area contributed by atoms with E-state index in [2.05, 4.69) is 112 Å². The number of rotatable bonds is 14. The Morgan fingerprint density at radius 2 is 1.74 bits per heavy atom. The van der Waals surface area contributed by atoms with Crippen molar-refractivity contribution >= 4 is 10.8 Å². The highest BCUT2D eigenvalue weighted by atomic mass is 15.0. The van der Waals surface area contributed by atoms with Crippen molar-refractivity contribution < 1.29 is 0 Å². The highest BCUT2D eigenvalue weighted by Crippen LogP contribution is 2.43. The summed E-state index contributed by atoms with van der Waals surface area (Å²) in [4.78, 5) is 0. The van der Waals surface area contributed by atoms with E-state index in [0.717, 1.165) is 25.3 Å². The molecule has 1 saturated carbocycles. The standard InChI is InChI=1S/C37H47N/c1-6-7-13-28(2)24-31(21-23-36(33-17-12-18-33)35-19-11-8-14-29(35)3)27-38-37(4,5)26-30-20-22-32-15-9-10-16-34(32)25-30/h6-11,13-16,19-20,22,25,31,33,36,38H,1-2,12,17-18,21,23-24,26-27H2,3-5H3/b13-7-. The summed E-state index contributed by atoms with van der Waals surface area (Å²) in [5.41, 5.74) is 5.63. The van der Waals surface area contributed by atoms with E-state index in [1.54, 1.807) is 5.56 Å². The Morgan fingerprint density at radius 3 is 2.45 bits per heavy atom. The van der Waals surface area contributed by atoms with Crippen LogP contribution in [0.15, 0.2) is 104 Å². The van der Waals surface area contributed by atoms with Crippen molar-refractivity contribution in [3.63, 3.8) is 0 Å². The van der Waals surface area contributed by atoms with Gasteiger partial charge in [0, 0.05) is 5.54 Å². The normalized spacial score (nSPS) is 15.9. The fraction of sp³-hybridized carbons (Fsp3) is 0.405. The molecule has 3 aromatic carbocycles. The van der Waals surface area contributed by atoms with Crippen molar-refractivity contribution in [2.75, 3.05) is 6.54 Å². The fourth-order valence-corrected chi connectivity index (χ4v) is 6.17. The molecule has 1 aliphatic rings. The summed E-state index contributed by atoms with van der Waals surface area (Å²) in [7, 11) is 0. The molecular formula is C37H47N. The summed E-state index contributed by atoms with van der Waals surface area (Å²) in [6.45, 7) is 16.2.